The van der Waals surface area contributed by atoms with Gasteiger partial charge in [-0.3, -0.25) is 9.36 Å². The molecule has 2 aromatic heterocycles. The molecule has 3 rings (SSSR count). The van der Waals surface area contributed by atoms with Crippen molar-refractivity contribution in [3.63, 3.8) is 0 Å². The molecule has 0 saturated carbocycles. The Hall–Kier alpha value is -2.97. The minimum absolute atomic E-state index is 0.141. The predicted molar refractivity (Wildman–Crippen MR) is 71.2 cm³/mol. The number of aromatic nitrogens is 5. The number of H-pyrrole nitrogens is 1. The smallest absolute Gasteiger partial charge is 0.408 e. The fourth-order valence-electron chi connectivity index (χ4n) is 2.01. The maximum Gasteiger partial charge on any atom is 0.420 e. The molecule has 0 aliphatic carbocycles. The van der Waals surface area contributed by atoms with Crippen molar-refractivity contribution in [2.75, 3.05) is 0 Å². The lowest BCUT2D eigenvalue weighted by molar-refractivity contribution is -0.122. The number of nitrogens with zero attached hydrogens (tertiary/aromatic N) is 4. The zero-order valence-corrected chi connectivity index (χ0v) is 11.1. The van der Waals surface area contributed by atoms with Crippen molar-refractivity contribution in [2.45, 2.75) is 19.5 Å². The molecule has 0 saturated heterocycles. The van der Waals surface area contributed by atoms with Gasteiger partial charge in [0, 0.05) is 0 Å². The van der Waals surface area contributed by atoms with E-state index in [1.807, 2.05) is 0 Å². The summed E-state index contributed by atoms with van der Waals surface area (Å²) in [5, 5.41) is 16.0. The summed E-state index contributed by atoms with van der Waals surface area (Å²) >= 11 is 0. The van der Waals surface area contributed by atoms with Crippen LogP contribution in [0.3, 0.4) is 0 Å². The summed E-state index contributed by atoms with van der Waals surface area (Å²) in [7, 11) is 0. The van der Waals surface area contributed by atoms with Crippen molar-refractivity contribution >= 4 is 17.0 Å². The van der Waals surface area contributed by atoms with E-state index >= 15 is 0 Å². The van der Waals surface area contributed by atoms with Crippen LogP contribution >= 0.6 is 0 Å². The topological polar surface area (TPSA) is 119 Å². The summed E-state index contributed by atoms with van der Waals surface area (Å²) in [6.07, 6.45) is 0. The lowest BCUT2D eigenvalue weighted by atomic mass is 10.3. The molecule has 0 fully saturated rings. The molecule has 9 heteroatoms. The van der Waals surface area contributed by atoms with E-state index in [2.05, 4.69) is 25.9 Å². The zero-order chi connectivity index (χ0) is 14.8. The molecule has 0 aliphatic heterocycles. The Balaban J connectivity index is 1.78. The lowest BCUT2D eigenvalue weighted by Gasteiger charge is -2.09. The molecule has 0 bridgehead atoms. The van der Waals surface area contributed by atoms with Crippen LogP contribution in [0.15, 0.2) is 33.5 Å². The van der Waals surface area contributed by atoms with Gasteiger partial charge in [-0.2, -0.15) is 5.21 Å². The Morgan fingerprint density at radius 3 is 3.05 bits per heavy atom. The number of hydrogen-bond acceptors (Lipinski definition) is 6. The normalized spacial score (nSPS) is 12.4. The molecule has 1 aromatic carbocycles. The highest BCUT2D eigenvalue weighted by molar-refractivity contribution is 5.79. The molecule has 2 heterocycles. The third-order valence-electron chi connectivity index (χ3n) is 3.00. The van der Waals surface area contributed by atoms with Gasteiger partial charge >= 0.3 is 5.76 Å². The Labute approximate surface area is 118 Å². The number of fused-ring (bicyclic) bond motifs is 1. The van der Waals surface area contributed by atoms with Crippen molar-refractivity contribution in [1.29, 1.82) is 0 Å². The number of tetrazole rings is 1. The third kappa shape index (κ3) is 2.53. The molecule has 0 spiro atoms. The second-order valence-corrected chi connectivity index (χ2v) is 4.48. The van der Waals surface area contributed by atoms with Crippen LogP contribution in [-0.2, 0) is 11.3 Å². The molecule has 9 nitrogen and oxygen atoms in total. The monoisotopic (exact) mass is 288 g/mol. The van der Waals surface area contributed by atoms with Crippen LogP contribution in [0.2, 0.25) is 0 Å². The van der Waals surface area contributed by atoms with Gasteiger partial charge in [0.25, 0.3) is 0 Å². The molecule has 0 radical (unpaired) electrons. The molecular formula is C12H12N6O3. The number of oxazole rings is 1. The van der Waals surface area contributed by atoms with Crippen LogP contribution in [0.4, 0.5) is 0 Å². The van der Waals surface area contributed by atoms with E-state index in [-0.39, 0.29) is 12.5 Å². The first-order valence-electron chi connectivity index (χ1n) is 6.26. The van der Waals surface area contributed by atoms with Gasteiger partial charge in [-0.1, -0.05) is 17.3 Å². The molecule has 1 unspecified atom stereocenters. The van der Waals surface area contributed by atoms with Crippen LogP contribution in [0.5, 0.6) is 0 Å². The van der Waals surface area contributed by atoms with E-state index in [4.69, 9.17) is 4.42 Å². The van der Waals surface area contributed by atoms with Crippen molar-refractivity contribution in [3.05, 3.63) is 40.6 Å². The second kappa shape index (κ2) is 5.19. The fourth-order valence-corrected chi connectivity index (χ4v) is 2.01. The minimum atomic E-state index is -0.571. The highest BCUT2D eigenvalue weighted by atomic mass is 16.4. The summed E-state index contributed by atoms with van der Waals surface area (Å²) in [5.41, 5.74) is 1.02. The van der Waals surface area contributed by atoms with E-state index in [0.29, 0.717) is 16.9 Å². The largest absolute Gasteiger partial charge is 0.420 e. The molecule has 1 amide bonds. The number of benzene rings is 1. The summed E-state index contributed by atoms with van der Waals surface area (Å²) in [5.74, 6) is -0.549. The van der Waals surface area contributed by atoms with Crippen LogP contribution in [0.1, 0.15) is 18.8 Å². The van der Waals surface area contributed by atoms with Crippen LogP contribution in [0, 0.1) is 0 Å². The van der Waals surface area contributed by atoms with E-state index in [1.165, 1.54) is 4.57 Å². The summed E-state index contributed by atoms with van der Waals surface area (Å²) in [6, 6.07) is 6.51. The minimum Gasteiger partial charge on any atom is -0.408 e. The Kier molecular flexibility index (Phi) is 3.22. The number of rotatable bonds is 4. The first kappa shape index (κ1) is 13.0. The van der Waals surface area contributed by atoms with Gasteiger partial charge in [-0.15, -0.1) is 10.2 Å². The van der Waals surface area contributed by atoms with Crippen LogP contribution < -0.4 is 11.1 Å². The molecule has 1 atom stereocenters. The van der Waals surface area contributed by atoms with Crippen LogP contribution in [-0.4, -0.2) is 31.1 Å². The van der Waals surface area contributed by atoms with Gasteiger partial charge in [0.05, 0.1) is 11.6 Å². The maximum absolute atomic E-state index is 12.0. The van der Waals surface area contributed by atoms with Gasteiger partial charge < -0.3 is 9.73 Å². The van der Waals surface area contributed by atoms with Gasteiger partial charge in [0.2, 0.25) is 5.91 Å². The standard InChI is InChI=1S/C12H12N6O3/c1-7(11-14-16-17-15-11)13-10(19)6-18-8-4-2-3-5-9(8)21-12(18)20/h2-5,7H,6H2,1H3,(H,13,19)(H,14,15,16,17). The van der Waals surface area contributed by atoms with E-state index in [0.717, 1.165) is 0 Å². The van der Waals surface area contributed by atoms with Crippen molar-refractivity contribution in [2.24, 2.45) is 0 Å². The van der Waals surface area contributed by atoms with Gasteiger partial charge in [0.15, 0.2) is 11.4 Å². The number of carbonyl (C=O) groups excluding carboxylic acids is 1. The molecule has 0 aliphatic rings. The second-order valence-electron chi connectivity index (χ2n) is 4.48. The van der Waals surface area contributed by atoms with Gasteiger partial charge in [0.1, 0.15) is 6.54 Å². The molecular weight excluding hydrogens is 276 g/mol. The average molecular weight is 288 g/mol. The van der Waals surface area contributed by atoms with E-state index < -0.39 is 11.8 Å². The first-order valence-corrected chi connectivity index (χ1v) is 6.26. The van der Waals surface area contributed by atoms with Crippen LogP contribution in [0.25, 0.3) is 11.1 Å². The number of para-hydroxylation sites is 2. The zero-order valence-electron chi connectivity index (χ0n) is 11.1. The molecule has 21 heavy (non-hydrogen) atoms. The lowest BCUT2D eigenvalue weighted by Crippen LogP contribution is -2.33. The molecule has 2 N–H and O–H groups in total. The number of amides is 1. The fraction of sp³-hybridized carbons (Fsp3) is 0.250. The van der Waals surface area contributed by atoms with E-state index in [1.54, 1.807) is 31.2 Å². The first-order chi connectivity index (χ1) is 10.1. The molecule has 3 aromatic rings. The van der Waals surface area contributed by atoms with Crippen molar-refractivity contribution in [1.82, 2.24) is 30.5 Å². The van der Waals surface area contributed by atoms with Gasteiger partial charge in [-0.05, 0) is 19.1 Å². The Bertz CT molecular complexity index is 819. The van der Waals surface area contributed by atoms with Crippen molar-refractivity contribution in [3.8, 4) is 0 Å². The Morgan fingerprint density at radius 1 is 1.48 bits per heavy atom. The highest BCUT2D eigenvalue weighted by Crippen LogP contribution is 2.11. The SMILES string of the molecule is CC(NC(=O)Cn1c(=O)oc2ccccc21)c1nn[nH]n1. The van der Waals surface area contributed by atoms with Crippen molar-refractivity contribution < 1.29 is 9.21 Å². The number of carbonyl (C=O) groups is 1. The average Bonchev–Trinajstić information content (AvgIpc) is 3.08. The summed E-state index contributed by atoms with van der Waals surface area (Å²) in [4.78, 5) is 23.8. The van der Waals surface area contributed by atoms with Gasteiger partial charge in [-0.25, -0.2) is 4.79 Å². The summed E-state index contributed by atoms with van der Waals surface area (Å²) < 4.78 is 6.34. The molecule has 108 valence electrons. The third-order valence-corrected chi connectivity index (χ3v) is 3.00. The maximum atomic E-state index is 12.0. The highest BCUT2D eigenvalue weighted by Gasteiger charge is 2.16. The Morgan fingerprint density at radius 2 is 2.29 bits per heavy atom. The summed E-state index contributed by atoms with van der Waals surface area (Å²) in [6.45, 7) is 1.58. The quantitative estimate of drug-likeness (QED) is 0.696. The van der Waals surface area contributed by atoms with E-state index in [9.17, 15) is 9.59 Å². The number of nitrogens with one attached hydrogen (secondary N) is 2. The number of aromatic amines is 1. The number of hydrogen-bond donors (Lipinski definition) is 2. The predicted octanol–water partition coefficient (Wildman–Crippen LogP) is -0.0150.